The van der Waals surface area contributed by atoms with Gasteiger partial charge in [-0.25, -0.2) is 0 Å². The highest BCUT2D eigenvalue weighted by Crippen LogP contribution is 2.07. The predicted molar refractivity (Wildman–Crippen MR) is 93.3 cm³/mol. The van der Waals surface area contributed by atoms with Crippen LogP contribution in [0.15, 0.2) is 53.8 Å². The number of nitrogens with one attached hydrogen (secondary N) is 2. The van der Waals surface area contributed by atoms with E-state index in [0.717, 1.165) is 38.6 Å². The normalized spacial score (nSPS) is 11.5. The summed E-state index contributed by atoms with van der Waals surface area (Å²) in [6, 6.07) is 12.6. The molecule has 22 heavy (non-hydrogen) atoms. The summed E-state index contributed by atoms with van der Waals surface area (Å²) < 4.78 is 2.16. The van der Waals surface area contributed by atoms with Gasteiger partial charge in [0.1, 0.15) is 0 Å². The number of aryl methyl sites for hydroxylation is 1. The fourth-order valence-corrected chi connectivity index (χ4v) is 2.34. The van der Waals surface area contributed by atoms with Crippen molar-refractivity contribution >= 4 is 5.96 Å². The molecular weight excluding hydrogens is 272 g/mol. The lowest BCUT2D eigenvalue weighted by atomic mass is 10.1. The minimum Gasteiger partial charge on any atom is -0.357 e. The maximum Gasteiger partial charge on any atom is 0.191 e. The van der Waals surface area contributed by atoms with Crippen molar-refractivity contribution in [2.75, 3.05) is 19.6 Å². The van der Waals surface area contributed by atoms with Gasteiger partial charge in [-0.2, -0.15) is 0 Å². The summed E-state index contributed by atoms with van der Waals surface area (Å²) in [7, 11) is 0. The molecule has 2 N–H and O–H groups in total. The molecule has 0 bridgehead atoms. The lowest BCUT2D eigenvalue weighted by Gasteiger charge is -2.12. The zero-order valence-corrected chi connectivity index (χ0v) is 13.5. The van der Waals surface area contributed by atoms with Gasteiger partial charge in [-0.3, -0.25) is 4.99 Å². The van der Waals surface area contributed by atoms with E-state index >= 15 is 0 Å². The van der Waals surface area contributed by atoms with E-state index in [9.17, 15) is 0 Å². The molecule has 0 amide bonds. The van der Waals surface area contributed by atoms with E-state index in [4.69, 9.17) is 0 Å². The highest BCUT2D eigenvalue weighted by Gasteiger charge is 1.99. The van der Waals surface area contributed by atoms with Crippen molar-refractivity contribution in [2.45, 2.75) is 26.8 Å². The first-order valence-electron chi connectivity index (χ1n) is 7.97. The van der Waals surface area contributed by atoms with Crippen molar-refractivity contribution in [1.29, 1.82) is 0 Å². The van der Waals surface area contributed by atoms with E-state index in [0.29, 0.717) is 0 Å². The van der Waals surface area contributed by atoms with Crippen LogP contribution in [0.25, 0.3) is 0 Å². The van der Waals surface area contributed by atoms with Crippen molar-refractivity contribution in [3.05, 3.63) is 59.9 Å². The third kappa shape index (κ3) is 5.28. The Labute approximate surface area is 133 Å². The second kappa shape index (κ2) is 8.93. The van der Waals surface area contributed by atoms with Gasteiger partial charge in [-0.1, -0.05) is 24.3 Å². The maximum absolute atomic E-state index is 4.65. The van der Waals surface area contributed by atoms with Crippen molar-refractivity contribution in [1.82, 2.24) is 15.2 Å². The Bertz CT molecular complexity index is 573. The van der Waals surface area contributed by atoms with Crippen molar-refractivity contribution in [2.24, 2.45) is 4.99 Å². The number of aromatic nitrogens is 1. The zero-order valence-electron chi connectivity index (χ0n) is 13.5. The van der Waals surface area contributed by atoms with Crippen molar-refractivity contribution in [3.8, 4) is 0 Å². The number of guanidine groups is 1. The maximum atomic E-state index is 4.65. The summed E-state index contributed by atoms with van der Waals surface area (Å²) >= 11 is 0. The first-order chi connectivity index (χ1) is 10.8. The number of hydrogen-bond donors (Lipinski definition) is 2. The molecule has 0 atom stereocenters. The Morgan fingerprint density at radius 3 is 2.59 bits per heavy atom. The van der Waals surface area contributed by atoms with Gasteiger partial charge < -0.3 is 15.2 Å². The third-order valence-electron chi connectivity index (χ3n) is 3.59. The topological polar surface area (TPSA) is 41.4 Å². The summed E-state index contributed by atoms with van der Waals surface area (Å²) in [5.41, 5.74) is 2.71. The minimum atomic E-state index is 0.795. The molecule has 1 heterocycles. The van der Waals surface area contributed by atoms with Crippen LogP contribution < -0.4 is 10.6 Å². The first-order valence-corrected chi connectivity index (χ1v) is 7.97. The smallest absolute Gasteiger partial charge is 0.191 e. The van der Waals surface area contributed by atoms with Crippen LogP contribution in [-0.4, -0.2) is 30.2 Å². The van der Waals surface area contributed by atoms with E-state index in [-0.39, 0.29) is 0 Å². The molecule has 1 aromatic carbocycles. The predicted octanol–water partition coefficient (Wildman–Crippen LogP) is 2.59. The molecule has 0 saturated heterocycles. The van der Waals surface area contributed by atoms with Gasteiger partial charge >= 0.3 is 0 Å². The number of hydrogen-bond acceptors (Lipinski definition) is 1. The van der Waals surface area contributed by atoms with E-state index in [2.05, 4.69) is 70.7 Å². The van der Waals surface area contributed by atoms with Gasteiger partial charge in [0.2, 0.25) is 0 Å². The minimum absolute atomic E-state index is 0.795. The summed E-state index contributed by atoms with van der Waals surface area (Å²) in [6.45, 7) is 7.72. The van der Waals surface area contributed by atoms with E-state index in [1.54, 1.807) is 0 Å². The van der Waals surface area contributed by atoms with Crippen LogP contribution >= 0.6 is 0 Å². The lowest BCUT2D eigenvalue weighted by Crippen LogP contribution is -2.39. The average Bonchev–Trinajstić information content (AvgIpc) is 3.02. The third-order valence-corrected chi connectivity index (χ3v) is 3.59. The Morgan fingerprint density at radius 2 is 1.86 bits per heavy atom. The Morgan fingerprint density at radius 1 is 1.09 bits per heavy atom. The monoisotopic (exact) mass is 298 g/mol. The van der Waals surface area contributed by atoms with Crippen LogP contribution in [0.2, 0.25) is 0 Å². The van der Waals surface area contributed by atoms with Crippen molar-refractivity contribution < 1.29 is 0 Å². The molecular formula is C18H26N4. The fraction of sp³-hybridized carbons (Fsp3) is 0.389. The molecule has 0 radical (unpaired) electrons. The molecule has 1 aromatic heterocycles. The molecule has 2 aromatic rings. The second-order valence-electron chi connectivity index (χ2n) is 5.28. The van der Waals surface area contributed by atoms with Crippen LogP contribution in [0, 0.1) is 6.92 Å². The van der Waals surface area contributed by atoms with Gasteiger partial charge in [0.15, 0.2) is 5.96 Å². The second-order valence-corrected chi connectivity index (χ2v) is 5.28. The highest BCUT2D eigenvalue weighted by atomic mass is 15.2. The molecule has 118 valence electrons. The van der Waals surface area contributed by atoms with Gasteiger partial charge in [-0.15, -0.1) is 0 Å². The van der Waals surface area contributed by atoms with E-state index in [1.165, 1.54) is 11.1 Å². The highest BCUT2D eigenvalue weighted by molar-refractivity contribution is 5.79. The summed E-state index contributed by atoms with van der Waals surface area (Å²) in [5.74, 6) is 0.892. The molecule has 0 aliphatic heterocycles. The van der Waals surface area contributed by atoms with Gasteiger partial charge in [0.25, 0.3) is 0 Å². The quantitative estimate of drug-likeness (QED) is 0.609. The fourth-order valence-electron chi connectivity index (χ4n) is 2.34. The summed E-state index contributed by atoms with van der Waals surface area (Å²) in [4.78, 5) is 4.65. The Balaban J connectivity index is 1.80. The molecule has 0 saturated carbocycles. The van der Waals surface area contributed by atoms with Crippen LogP contribution in [0.1, 0.15) is 18.1 Å². The SMILES string of the molecule is CCNC(=NCCc1ccccc1C)NCCn1cccc1. The van der Waals surface area contributed by atoms with Gasteiger partial charge in [-0.05, 0) is 43.5 Å². The largest absolute Gasteiger partial charge is 0.357 e. The molecule has 0 unspecified atom stereocenters. The van der Waals surface area contributed by atoms with Crippen LogP contribution in [0.4, 0.5) is 0 Å². The Hall–Kier alpha value is -2.23. The first kappa shape index (κ1) is 16.1. The summed E-state index contributed by atoms with van der Waals surface area (Å²) in [6.07, 6.45) is 5.12. The molecule has 4 nitrogen and oxygen atoms in total. The zero-order chi connectivity index (χ0) is 15.6. The standard InChI is InChI=1S/C18H26N4/c1-3-19-18(21-12-15-22-13-6-7-14-22)20-11-10-17-9-5-4-8-16(17)2/h4-9,13-14H,3,10-12,15H2,1-2H3,(H2,19,20,21). The van der Waals surface area contributed by atoms with Crippen LogP contribution in [-0.2, 0) is 13.0 Å². The number of benzene rings is 1. The van der Waals surface area contributed by atoms with Crippen LogP contribution in [0.3, 0.4) is 0 Å². The summed E-state index contributed by atoms with van der Waals surface area (Å²) in [5, 5.41) is 6.67. The average molecular weight is 298 g/mol. The van der Waals surface area contributed by atoms with Gasteiger partial charge in [0.05, 0.1) is 0 Å². The Kier molecular flexibility index (Phi) is 6.55. The number of rotatable bonds is 7. The molecule has 0 spiro atoms. The molecule has 4 heteroatoms. The number of nitrogens with zero attached hydrogens (tertiary/aromatic N) is 2. The molecule has 0 fully saturated rings. The lowest BCUT2D eigenvalue weighted by molar-refractivity contribution is 0.665. The molecule has 0 aliphatic rings. The van der Waals surface area contributed by atoms with Crippen LogP contribution in [0.5, 0.6) is 0 Å². The molecule has 0 aliphatic carbocycles. The van der Waals surface area contributed by atoms with Gasteiger partial charge in [0, 0.05) is 38.6 Å². The number of aliphatic imine (C=N–C) groups is 1. The van der Waals surface area contributed by atoms with E-state index in [1.807, 2.05) is 12.1 Å². The molecule has 2 rings (SSSR count). The van der Waals surface area contributed by atoms with E-state index < -0.39 is 0 Å². The van der Waals surface area contributed by atoms with Crippen molar-refractivity contribution in [3.63, 3.8) is 0 Å².